The highest BCUT2D eigenvalue weighted by atomic mass is 16.5. The average molecular weight is 464 g/mol. The van der Waals surface area contributed by atoms with Gasteiger partial charge in [-0.1, -0.05) is 24.3 Å². The molecule has 1 atom stereocenters. The van der Waals surface area contributed by atoms with Gasteiger partial charge in [-0.15, -0.1) is 0 Å². The third kappa shape index (κ3) is 5.14. The standard InChI is InChI=1S/C27H29NO6/c1-17-6-4-5-7-21(17)23-16-26(30)34-24-15-20(8-9-22(23)24)33-18(2)27(31)28-12-10-19(11-13-28)14-25(29)32-3/h4-9,15-16,18-19H,10-14H2,1-3H3. The molecule has 0 N–H and O–H groups in total. The summed E-state index contributed by atoms with van der Waals surface area (Å²) in [4.78, 5) is 38.4. The van der Waals surface area contributed by atoms with Crippen molar-refractivity contribution >= 4 is 22.8 Å². The number of hydrogen-bond donors (Lipinski definition) is 0. The topological polar surface area (TPSA) is 86.0 Å². The van der Waals surface area contributed by atoms with Crippen molar-refractivity contribution in [2.75, 3.05) is 20.2 Å². The second-order valence-corrected chi connectivity index (χ2v) is 8.76. The number of ether oxygens (including phenoxy) is 2. The van der Waals surface area contributed by atoms with Gasteiger partial charge in [0, 0.05) is 42.6 Å². The summed E-state index contributed by atoms with van der Waals surface area (Å²) in [6.45, 7) is 4.88. The molecule has 1 aromatic heterocycles. The molecule has 0 aliphatic carbocycles. The van der Waals surface area contributed by atoms with Gasteiger partial charge in [-0.3, -0.25) is 9.59 Å². The number of fused-ring (bicyclic) bond motifs is 1. The van der Waals surface area contributed by atoms with E-state index in [1.165, 1.54) is 13.2 Å². The minimum atomic E-state index is -0.694. The molecule has 2 heterocycles. The summed E-state index contributed by atoms with van der Waals surface area (Å²) in [6, 6.07) is 14.7. The molecule has 4 rings (SSSR count). The van der Waals surface area contributed by atoms with Gasteiger partial charge in [0.1, 0.15) is 11.3 Å². The molecule has 1 aliphatic heterocycles. The van der Waals surface area contributed by atoms with Crippen molar-refractivity contribution in [2.24, 2.45) is 5.92 Å². The predicted molar refractivity (Wildman–Crippen MR) is 129 cm³/mol. The predicted octanol–water partition coefficient (Wildman–Crippen LogP) is 4.34. The largest absolute Gasteiger partial charge is 0.481 e. The van der Waals surface area contributed by atoms with Crippen LogP contribution >= 0.6 is 0 Å². The summed E-state index contributed by atoms with van der Waals surface area (Å²) >= 11 is 0. The lowest BCUT2D eigenvalue weighted by molar-refractivity contribution is -0.143. The number of likely N-dealkylation sites (tertiary alicyclic amines) is 1. The van der Waals surface area contributed by atoms with E-state index in [4.69, 9.17) is 13.9 Å². The molecule has 2 aromatic carbocycles. The van der Waals surface area contributed by atoms with Crippen molar-refractivity contribution in [3.05, 3.63) is 64.5 Å². The van der Waals surface area contributed by atoms with E-state index in [2.05, 4.69) is 0 Å². The number of aryl methyl sites for hydroxylation is 1. The van der Waals surface area contributed by atoms with E-state index >= 15 is 0 Å². The van der Waals surface area contributed by atoms with Crippen LogP contribution in [0.4, 0.5) is 0 Å². The van der Waals surface area contributed by atoms with Crippen molar-refractivity contribution in [1.82, 2.24) is 4.90 Å². The van der Waals surface area contributed by atoms with Crippen LogP contribution in [-0.4, -0.2) is 43.1 Å². The van der Waals surface area contributed by atoms with Crippen molar-refractivity contribution in [3.8, 4) is 16.9 Å². The first-order chi connectivity index (χ1) is 16.4. The van der Waals surface area contributed by atoms with Crippen LogP contribution in [0.15, 0.2) is 57.7 Å². The molecule has 34 heavy (non-hydrogen) atoms. The zero-order valence-corrected chi connectivity index (χ0v) is 19.7. The highest BCUT2D eigenvalue weighted by Gasteiger charge is 2.28. The number of hydrogen-bond acceptors (Lipinski definition) is 6. The molecule has 178 valence electrons. The molecular weight excluding hydrogens is 434 g/mol. The molecule has 7 nitrogen and oxygen atoms in total. The summed E-state index contributed by atoms with van der Waals surface area (Å²) in [5, 5.41) is 0.799. The summed E-state index contributed by atoms with van der Waals surface area (Å²) in [5.41, 5.74) is 2.79. The van der Waals surface area contributed by atoms with E-state index in [0.717, 1.165) is 34.9 Å². The smallest absolute Gasteiger partial charge is 0.336 e. The van der Waals surface area contributed by atoms with Crippen LogP contribution in [0.5, 0.6) is 5.75 Å². The molecule has 0 bridgehead atoms. The first-order valence-electron chi connectivity index (χ1n) is 11.5. The Morgan fingerprint density at radius 3 is 2.53 bits per heavy atom. The fraction of sp³-hybridized carbons (Fsp3) is 0.370. The number of rotatable bonds is 6. The van der Waals surface area contributed by atoms with Crippen LogP contribution in [0, 0.1) is 12.8 Å². The Labute approximate surface area is 198 Å². The number of piperidine rings is 1. The summed E-state index contributed by atoms with van der Waals surface area (Å²) in [7, 11) is 1.39. The van der Waals surface area contributed by atoms with Gasteiger partial charge in [0.05, 0.1) is 7.11 Å². The number of benzene rings is 2. The average Bonchev–Trinajstić information content (AvgIpc) is 2.83. The van der Waals surface area contributed by atoms with Gasteiger partial charge in [0.25, 0.3) is 5.91 Å². The number of carbonyl (C=O) groups excluding carboxylic acids is 2. The van der Waals surface area contributed by atoms with E-state index in [1.54, 1.807) is 24.0 Å². The Balaban J connectivity index is 1.47. The van der Waals surface area contributed by atoms with E-state index < -0.39 is 11.7 Å². The molecule has 1 amide bonds. The van der Waals surface area contributed by atoms with E-state index in [0.29, 0.717) is 30.8 Å². The maximum atomic E-state index is 12.9. The lowest BCUT2D eigenvalue weighted by atomic mass is 9.93. The first-order valence-corrected chi connectivity index (χ1v) is 11.5. The zero-order valence-electron chi connectivity index (χ0n) is 19.7. The first kappa shape index (κ1) is 23.5. The molecule has 0 saturated carbocycles. The van der Waals surface area contributed by atoms with Crippen molar-refractivity contribution < 1.29 is 23.5 Å². The highest BCUT2D eigenvalue weighted by molar-refractivity contribution is 5.94. The second kappa shape index (κ2) is 10.1. The van der Waals surface area contributed by atoms with E-state index in [1.807, 2.05) is 37.3 Å². The van der Waals surface area contributed by atoms with E-state index in [-0.39, 0.29) is 17.8 Å². The minimum Gasteiger partial charge on any atom is -0.481 e. The van der Waals surface area contributed by atoms with Crippen LogP contribution in [0.25, 0.3) is 22.1 Å². The number of amides is 1. The molecule has 7 heteroatoms. The van der Waals surface area contributed by atoms with Gasteiger partial charge >= 0.3 is 11.6 Å². The van der Waals surface area contributed by atoms with Crippen molar-refractivity contribution in [3.63, 3.8) is 0 Å². The van der Waals surface area contributed by atoms with Crippen LogP contribution < -0.4 is 10.4 Å². The Morgan fingerprint density at radius 1 is 1.09 bits per heavy atom. The Hall–Kier alpha value is -3.61. The summed E-state index contributed by atoms with van der Waals surface area (Å²) < 4.78 is 16.1. The van der Waals surface area contributed by atoms with Crippen molar-refractivity contribution in [1.29, 1.82) is 0 Å². The number of carbonyl (C=O) groups is 2. The normalized spacial score (nSPS) is 15.2. The highest BCUT2D eigenvalue weighted by Crippen LogP contribution is 2.32. The van der Waals surface area contributed by atoms with Gasteiger partial charge in [-0.05, 0) is 55.9 Å². The van der Waals surface area contributed by atoms with Gasteiger partial charge < -0.3 is 18.8 Å². The number of methoxy groups -OCH3 is 1. The van der Waals surface area contributed by atoms with Gasteiger partial charge in [0.2, 0.25) is 0 Å². The van der Waals surface area contributed by atoms with Gasteiger partial charge in [-0.2, -0.15) is 0 Å². The minimum absolute atomic E-state index is 0.105. The van der Waals surface area contributed by atoms with Gasteiger partial charge in [-0.25, -0.2) is 4.79 Å². The Bertz CT molecular complexity index is 1260. The zero-order chi connectivity index (χ0) is 24.2. The molecule has 1 fully saturated rings. The van der Waals surface area contributed by atoms with Crippen molar-refractivity contribution in [2.45, 2.75) is 39.2 Å². The fourth-order valence-corrected chi connectivity index (χ4v) is 4.50. The van der Waals surface area contributed by atoms with Crippen LogP contribution in [-0.2, 0) is 14.3 Å². The molecular formula is C27H29NO6. The van der Waals surface area contributed by atoms with Gasteiger partial charge in [0.15, 0.2) is 6.10 Å². The fourth-order valence-electron chi connectivity index (χ4n) is 4.50. The molecule has 1 unspecified atom stereocenters. The third-order valence-electron chi connectivity index (χ3n) is 6.42. The number of nitrogens with zero attached hydrogens (tertiary/aromatic N) is 1. The molecule has 1 saturated heterocycles. The van der Waals surface area contributed by atoms with Crippen LogP contribution in [0.1, 0.15) is 31.7 Å². The van der Waals surface area contributed by atoms with E-state index in [9.17, 15) is 14.4 Å². The lowest BCUT2D eigenvalue weighted by Gasteiger charge is -2.33. The summed E-state index contributed by atoms with van der Waals surface area (Å²) in [6.07, 6.45) is 1.21. The Kier molecular flexibility index (Phi) is 7.01. The SMILES string of the molecule is COC(=O)CC1CCN(C(=O)C(C)Oc2ccc3c(-c4ccccc4C)cc(=O)oc3c2)CC1. The monoisotopic (exact) mass is 463 g/mol. The third-order valence-corrected chi connectivity index (χ3v) is 6.42. The molecule has 0 spiro atoms. The van der Waals surface area contributed by atoms with Crippen LogP contribution in [0.2, 0.25) is 0 Å². The Morgan fingerprint density at radius 2 is 1.82 bits per heavy atom. The quantitative estimate of drug-likeness (QED) is 0.399. The number of esters is 1. The maximum absolute atomic E-state index is 12.9. The maximum Gasteiger partial charge on any atom is 0.336 e. The summed E-state index contributed by atoms with van der Waals surface area (Å²) in [5.74, 6) is 0.374. The molecule has 3 aromatic rings. The molecule has 0 radical (unpaired) electrons. The lowest BCUT2D eigenvalue weighted by Crippen LogP contribution is -2.45. The van der Waals surface area contributed by atoms with Crippen LogP contribution in [0.3, 0.4) is 0 Å². The molecule has 1 aliphatic rings. The second-order valence-electron chi connectivity index (χ2n) is 8.76.